The molecule has 0 spiro atoms. The monoisotopic (exact) mass is 551 g/mol. The molecule has 2 aliphatic carbocycles. The van der Waals surface area contributed by atoms with Crippen molar-refractivity contribution < 1.29 is 0 Å². The summed E-state index contributed by atoms with van der Waals surface area (Å²) in [5.41, 5.74) is 0. The summed E-state index contributed by atoms with van der Waals surface area (Å²) < 4.78 is 0. The van der Waals surface area contributed by atoms with Gasteiger partial charge in [-0.3, -0.25) is 9.80 Å². The number of hydrogen-bond donors (Lipinski definition) is 1. The second-order valence-electron chi connectivity index (χ2n) is 13.6. The molecular formula is C33H57N7. The molecule has 0 unspecified atom stereocenters. The van der Waals surface area contributed by atoms with Crippen LogP contribution in [0.4, 0.5) is 11.8 Å². The summed E-state index contributed by atoms with van der Waals surface area (Å²) in [6, 6.07) is 4.85. The molecule has 0 amide bonds. The Hall–Kier alpha value is -1.44. The van der Waals surface area contributed by atoms with Crippen LogP contribution in [0.2, 0.25) is 0 Å². The summed E-state index contributed by atoms with van der Waals surface area (Å²) in [7, 11) is 0. The van der Waals surface area contributed by atoms with Gasteiger partial charge < -0.3 is 15.1 Å². The lowest BCUT2D eigenvalue weighted by Crippen LogP contribution is -2.51. The Bertz CT molecular complexity index is 867. The third kappa shape index (κ3) is 7.49. The minimum atomic E-state index is 0.462. The van der Waals surface area contributed by atoms with Crippen LogP contribution in [0.5, 0.6) is 0 Å². The molecule has 7 heteroatoms. The lowest BCUT2D eigenvalue weighted by molar-refractivity contribution is 0.0752. The number of aromatic nitrogens is 2. The van der Waals surface area contributed by atoms with Gasteiger partial charge in [0.05, 0.1) is 0 Å². The maximum Gasteiger partial charge on any atom is 0.224 e. The summed E-state index contributed by atoms with van der Waals surface area (Å²) in [6.07, 6.45) is 25.4. The Morgan fingerprint density at radius 2 is 1.38 bits per heavy atom. The number of piperazine rings is 1. The zero-order valence-electron chi connectivity index (χ0n) is 25.3. The fourth-order valence-electron chi connectivity index (χ4n) is 8.66. The molecule has 3 aliphatic heterocycles. The van der Waals surface area contributed by atoms with Gasteiger partial charge in [-0.15, -0.1) is 0 Å². The number of nitrogens with one attached hydrogen (secondary N) is 1. The van der Waals surface area contributed by atoms with Gasteiger partial charge in [-0.2, -0.15) is 4.98 Å². The maximum absolute atomic E-state index is 5.05. The molecule has 40 heavy (non-hydrogen) atoms. The Morgan fingerprint density at radius 1 is 0.700 bits per heavy atom. The van der Waals surface area contributed by atoms with Crippen molar-refractivity contribution in [2.75, 3.05) is 62.6 Å². The minimum Gasteiger partial charge on any atom is -0.356 e. The van der Waals surface area contributed by atoms with Gasteiger partial charge in [-0.25, -0.2) is 4.98 Å². The lowest BCUT2D eigenvalue weighted by atomic mass is 9.92. The first-order valence-corrected chi connectivity index (χ1v) is 17.4. The average Bonchev–Trinajstić information content (AvgIpc) is 3.21. The van der Waals surface area contributed by atoms with Crippen molar-refractivity contribution in [3.8, 4) is 0 Å². The highest BCUT2D eigenvalue weighted by atomic mass is 15.3. The smallest absolute Gasteiger partial charge is 0.224 e. The van der Waals surface area contributed by atoms with Crippen molar-refractivity contribution in [3.05, 3.63) is 12.3 Å². The molecule has 3 saturated heterocycles. The lowest BCUT2D eigenvalue weighted by Gasteiger charge is -2.41. The van der Waals surface area contributed by atoms with Crippen molar-refractivity contribution in [1.82, 2.24) is 24.7 Å². The number of likely N-dealkylation sites (tertiary alicyclic amines) is 1. The van der Waals surface area contributed by atoms with E-state index < -0.39 is 0 Å². The molecule has 4 heterocycles. The molecule has 1 aromatic heterocycles. The summed E-state index contributed by atoms with van der Waals surface area (Å²) in [6.45, 7) is 9.88. The van der Waals surface area contributed by atoms with E-state index in [4.69, 9.17) is 9.97 Å². The molecule has 0 bridgehead atoms. The van der Waals surface area contributed by atoms with Gasteiger partial charge in [0.15, 0.2) is 0 Å². The van der Waals surface area contributed by atoms with E-state index in [1.165, 1.54) is 148 Å². The zero-order valence-corrected chi connectivity index (χ0v) is 25.3. The predicted molar refractivity (Wildman–Crippen MR) is 166 cm³/mol. The Balaban J connectivity index is 1.04. The number of nitrogens with zero attached hydrogens (tertiary/aromatic N) is 6. The van der Waals surface area contributed by atoms with Crippen molar-refractivity contribution >= 4 is 11.8 Å². The van der Waals surface area contributed by atoms with Gasteiger partial charge in [0.2, 0.25) is 5.95 Å². The molecule has 5 aliphatic rings. The molecule has 224 valence electrons. The highest BCUT2D eigenvalue weighted by Gasteiger charge is 2.38. The number of anilines is 2. The van der Waals surface area contributed by atoms with E-state index in [0.717, 1.165) is 36.9 Å². The van der Waals surface area contributed by atoms with Crippen LogP contribution in [-0.4, -0.2) is 101 Å². The molecule has 7 nitrogen and oxygen atoms in total. The van der Waals surface area contributed by atoms with Crippen molar-refractivity contribution in [2.24, 2.45) is 0 Å². The van der Waals surface area contributed by atoms with Gasteiger partial charge in [0.1, 0.15) is 5.82 Å². The highest BCUT2D eigenvalue weighted by Crippen LogP contribution is 2.33. The summed E-state index contributed by atoms with van der Waals surface area (Å²) in [5, 5.41) is 3.87. The first kappa shape index (κ1) is 28.7. The van der Waals surface area contributed by atoms with Crippen molar-refractivity contribution in [3.63, 3.8) is 0 Å². The Kier molecular flexibility index (Phi) is 10.5. The van der Waals surface area contributed by atoms with Crippen LogP contribution >= 0.6 is 0 Å². The zero-order chi connectivity index (χ0) is 27.0. The quantitative estimate of drug-likeness (QED) is 0.418. The van der Waals surface area contributed by atoms with Crippen LogP contribution in [0, 0.1) is 0 Å². The number of hydrogen-bond acceptors (Lipinski definition) is 7. The van der Waals surface area contributed by atoms with Gasteiger partial charge >= 0.3 is 0 Å². The predicted octanol–water partition coefficient (Wildman–Crippen LogP) is 5.78. The van der Waals surface area contributed by atoms with Crippen LogP contribution in [-0.2, 0) is 0 Å². The molecule has 6 rings (SSSR count). The summed E-state index contributed by atoms with van der Waals surface area (Å²) in [4.78, 5) is 20.7. The third-order valence-corrected chi connectivity index (χ3v) is 11.0. The molecule has 0 aromatic carbocycles. The molecule has 1 aromatic rings. The second kappa shape index (κ2) is 14.6. The van der Waals surface area contributed by atoms with E-state index in [0.29, 0.717) is 12.1 Å². The first-order chi connectivity index (χ1) is 19.8. The molecule has 0 radical (unpaired) electrons. The minimum absolute atomic E-state index is 0.462. The molecule has 2 saturated carbocycles. The van der Waals surface area contributed by atoms with Gasteiger partial charge in [-0.05, 0) is 70.4 Å². The average molecular weight is 552 g/mol. The molecule has 1 N–H and O–H groups in total. The molecule has 5 fully saturated rings. The summed E-state index contributed by atoms with van der Waals surface area (Å²) >= 11 is 0. The van der Waals surface area contributed by atoms with Crippen LogP contribution in [0.1, 0.15) is 109 Å². The van der Waals surface area contributed by atoms with Gasteiger partial charge in [0, 0.05) is 76.2 Å². The van der Waals surface area contributed by atoms with Crippen LogP contribution in [0.15, 0.2) is 12.3 Å². The van der Waals surface area contributed by atoms with E-state index >= 15 is 0 Å². The van der Waals surface area contributed by atoms with Crippen LogP contribution in [0.25, 0.3) is 0 Å². The van der Waals surface area contributed by atoms with Gasteiger partial charge in [0.25, 0.3) is 0 Å². The first-order valence-electron chi connectivity index (χ1n) is 17.4. The topological polar surface area (TPSA) is 50.8 Å². The van der Waals surface area contributed by atoms with E-state index in [1.54, 1.807) is 0 Å². The molecular weight excluding hydrogens is 494 g/mol. The Labute approximate surface area is 244 Å². The summed E-state index contributed by atoms with van der Waals surface area (Å²) in [5.74, 6) is 1.96. The highest BCUT2D eigenvalue weighted by molar-refractivity contribution is 5.43. The fraction of sp³-hybridized carbons (Fsp3) is 0.879. The van der Waals surface area contributed by atoms with Crippen LogP contribution < -0.4 is 10.2 Å². The third-order valence-electron chi connectivity index (χ3n) is 11.0. The largest absolute Gasteiger partial charge is 0.356 e. The van der Waals surface area contributed by atoms with E-state index in [2.05, 4.69) is 31.0 Å². The number of rotatable bonds is 9. The van der Waals surface area contributed by atoms with E-state index in [1.807, 2.05) is 6.20 Å². The Morgan fingerprint density at radius 3 is 2.10 bits per heavy atom. The van der Waals surface area contributed by atoms with Gasteiger partial charge in [-0.1, -0.05) is 51.4 Å². The van der Waals surface area contributed by atoms with Crippen molar-refractivity contribution in [1.29, 1.82) is 0 Å². The van der Waals surface area contributed by atoms with Crippen LogP contribution in [0.3, 0.4) is 0 Å². The SMILES string of the molecule is c1cc(N2CCCCCC2)nc(N[C@H]2CCN(C3CCCCC3)[C@@H]2CCCN2CCN(C3CCCCC3)CC2)n1. The maximum atomic E-state index is 5.05. The molecule has 2 atom stereocenters. The normalized spacial score (nSPS) is 29.1. The fourth-order valence-corrected chi connectivity index (χ4v) is 8.66. The van der Waals surface area contributed by atoms with E-state index in [-0.39, 0.29) is 0 Å². The van der Waals surface area contributed by atoms with Crippen molar-refractivity contribution in [2.45, 2.75) is 133 Å². The standard InChI is InChI=1S/C33H57N7/c1-2-10-22-39(21-9-1)32-17-19-34-33(36-32)35-30-18-23-40(29-14-7-4-8-15-29)31(30)16-11-20-37-24-26-38(27-25-37)28-12-5-3-6-13-28/h17,19,28-31H,1-16,18,20-27H2,(H,34,35,36)/t30-,31+/m0/s1. The van der Waals surface area contributed by atoms with E-state index in [9.17, 15) is 0 Å². The second-order valence-corrected chi connectivity index (χ2v) is 13.6.